The molecule has 0 fully saturated rings. The Morgan fingerprint density at radius 2 is 1.81 bits per heavy atom. The number of carbonyl (C=O) groups is 1. The first-order chi connectivity index (χ1) is 15.0. The lowest BCUT2D eigenvalue weighted by molar-refractivity contribution is 0.0459. The minimum Gasteiger partial charge on any atom is -0.497 e. The highest BCUT2D eigenvalue weighted by atomic mass is 35.5. The van der Waals surface area contributed by atoms with Gasteiger partial charge in [0.15, 0.2) is 5.69 Å². The standard InChI is InChI=1S/C22H19ClN4O4/c1-13-20(25-26-27(13)17-8-6-16(23)7-9-17)22(28)30-12-19-14(2)31-21(24-19)15-4-10-18(29-3)11-5-15/h4-11H,12H2,1-3H3. The summed E-state index contributed by atoms with van der Waals surface area (Å²) in [4.78, 5) is 17.0. The smallest absolute Gasteiger partial charge is 0.361 e. The molecule has 8 nitrogen and oxygen atoms in total. The van der Waals surface area contributed by atoms with Gasteiger partial charge in [-0.05, 0) is 62.4 Å². The molecular weight excluding hydrogens is 420 g/mol. The van der Waals surface area contributed by atoms with Gasteiger partial charge in [-0.25, -0.2) is 14.5 Å². The van der Waals surface area contributed by atoms with Crippen molar-refractivity contribution in [2.45, 2.75) is 20.5 Å². The maximum Gasteiger partial charge on any atom is 0.361 e. The van der Waals surface area contributed by atoms with Gasteiger partial charge in [-0.15, -0.1) is 5.10 Å². The number of rotatable bonds is 6. The number of hydrogen-bond acceptors (Lipinski definition) is 7. The number of ether oxygens (including phenoxy) is 2. The number of aryl methyl sites for hydroxylation is 1. The Labute approximate surface area is 183 Å². The van der Waals surface area contributed by atoms with Crippen LogP contribution in [0.2, 0.25) is 5.02 Å². The molecule has 31 heavy (non-hydrogen) atoms. The molecule has 0 saturated heterocycles. The molecule has 2 aromatic heterocycles. The summed E-state index contributed by atoms with van der Waals surface area (Å²) in [6.07, 6.45) is 0. The van der Waals surface area contributed by atoms with E-state index in [9.17, 15) is 4.79 Å². The van der Waals surface area contributed by atoms with Crippen molar-refractivity contribution in [1.29, 1.82) is 0 Å². The predicted molar refractivity (Wildman–Crippen MR) is 113 cm³/mol. The molecule has 0 radical (unpaired) electrons. The largest absolute Gasteiger partial charge is 0.497 e. The Hall–Kier alpha value is -3.65. The topological polar surface area (TPSA) is 92.3 Å². The molecule has 0 bridgehead atoms. The van der Waals surface area contributed by atoms with E-state index >= 15 is 0 Å². The lowest BCUT2D eigenvalue weighted by Gasteiger charge is -2.04. The molecule has 0 N–H and O–H groups in total. The third kappa shape index (κ3) is 4.29. The second kappa shape index (κ2) is 8.61. The summed E-state index contributed by atoms with van der Waals surface area (Å²) in [7, 11) is 1.60. The zero-order chi connectivity index (χ0) is 22.0. The van der Waals surface area contributed by atoms with E-state index in [1.807, 2.05) is 24.3 Å². The van der Waals surface area contributed by atoms with Crippen LogP contribution in [0.4, 0.5) is 0 Å². The molecule has 0 aliphatic rings. The number of aromatic nitrogens is 4. The van der Waals surface area contributed by atoms with Gasteiger partial charge in [0.05, 0.1) is 18.5 Å². The number of carbonyl (C=O) groups excluding carboxylic acids is 1. The lowest BCUT2D eigenvalue weighted by Crippen LogP contribution is -2.09. The number of halogens is 1. The molecule has 9 heteroatoms. The van der Waals surface area contributed by atoms with Gasteiger partial charge in [0.2, 0.25) is 5.89 Å². The van der Waals surface area contributed by atoms with Crippen LogP contribution >= 0.6 is 11.6 Å². The molecule has 0 saturated carbocycles. The molecule has 0 spiro atoms. The zero-order valence-corrected chi connectivity index (χ0v) is 17.9. The summed E-state index contributed by atoms with van der Waals surface area (Å²) in [5, 5.41) is 8.62. The van der Waals surface area contributed by atoms with E-state index in [1.54, 1.807) is 49.9 Å². The molecular formula is C22H19ClN4O4. The molecule has 0 amide bonds. The van der Waals surface area contributed by atoms with E-state index in [0.29, 0.717) is 28.1 Å². The van der Waals surface area contributed by atoms with E-state index in [4.69, 9.17) is 25.5 Å². The Balaban J connectivity index is 1.47. The summed E-state index contributed by atoms with van der Waals surface area (Å²) >= 11 is 5.92. The molecule has 0 unspecified atom stereocenters. The monoisotopic (exact) mass is 438 g/mol. The van der Waals surface area contributed by atoms with Crippen molar-refractivity contribution in [3.8, 4) is 22.9 Å². The van der Waals surface area contributed by atoms with Gasteiger partial charge < -0.3 is 13.9 Å². The van der Waals surface area contributed by atoms with Crippen LogP contribution in [-0.4, -0.2) is 33.1 Å². The molecule has 2 heterocycles. The third-order valence-electron chi connectivity index (χ3n) is 4.73. The number of hydrogen-bond donors (Lipinski definition) is 0. The van der Waals surface area contributed by atoms with Crippen LogP contribution in [0.5, 0.6) is 5.75 Å². The first-order valence-corrected chi connectivity index (χ1v) is 9.80. The van der Waals surface area contributed by atoms with Gasteiger partial charge >= 0.3 is 5.97 Å². The van der Waals surface area contributed by atoms with E-state index in [0.717, 1.165) is 17.0 Å². The summed E-state index contributed by atoms with van der Waals surface area (Å²) in [6.45, 7) is 3.47. The zero-order valence-electron chi connectivity index (χ0n) is 17.1. The Bertz CT molecular complexity index is 1210. The van der Waals surface area contributed by atoms with E-state index in [1.165, 1.54) is 0 Å². The van der Waals surface area contributed by atoms with E-state index in [-0.39, 0.29) is 12.3 Å². The molecule has 158 valence electrons. The van der Waals surface area contributed by atoms with Crippen molar-refractivity contribution in [3.05, 3.63) is 76.4 Å². The number of nitrogens with zero attached hydrogens (tertiary/aromatic N) is 4. The summed E-state index contributed by atoms with van der Waals surface area (Å²) < 4.78 is 17.8. The van der Waals surface area contributed by atoms with Crippen LogP contribution < -0.4 is 4.74 Å². The van der Waals surface area contributed by atoms with Gasteiger partial charge in [-0.3, -0.25) is 0 Å². The highest BCUT2D eigenvalue weighted by Crippen LogP contribution is 2.24. The van der Waals surface area contributed by atoms with Gasteiger partial charge in [0, 0.05) is 10.6 Å². The van der Waals surface area contributed by atoms with Crippen molar-refractivity contribution in [2.75, 3.05) is 7.11 Å². The summed E-state index contributed by atoms with van der Waals surface area (Å²) in [6, 6.07) is 14.4. The number of esters is 1. The van der Waals surface area contributed by atoms with Crippen LogP contribution in [0.1, 0.15) is 27.6 Å². The van der Waals surface area contributed by atoms with E-state index < -0.39 is 5.97 Å². The van der Waals surface area contributed by atoms with Crippen molar-refractivity contribution in [3.63, 3.8) is 0 Å². The average molecular weight is 439 g/mol. The maximum atomic E-state index is 12.6. The Morgan fingerprint density at radius 1 is 1.10 bits per heavy atom. The lowest BCUT2D eigenvalue weighted by atomic mass is 10.2. The molecule has 0 aliphatic heterocycles. The van der Waals surface area contributed by atoms with Gasteiger partial charge in [0.1, 0.15) is 23.8 Å². The van der Waals surface area contributed by atoms with Crippen molar-refractivity contribution >= 4 is 17.6 Å². The van der Waals surface area contributed by atoms with Gasteiger partial charge in [-0.1, -0.05) is 16.8 Å². The van der Waals surface area contributed by atoms with Crippen molar-refractivity contribution in [1.82, 2.24) is 20.0 Å². The van der Waals surface area contributed by atoms with Crippen LogP contribution in [0.3, 0.4) is 0 Å². The molecule has 0 aliphatic carbocycles. The molecule has 2 aromatic carbocycles. The van der Waals surface area contributed by atoms with Crippen LogP contribution in [0, 0.1) is 13.8 Å². The van der Waals surface area contributed by atoms with Crippen LogP contribution in [0.25, 0.3) is 17.1 Å². The van der Waals surface area contributed by atoms with Crippen LogP contribution in [0.15, 0.2) is 52.9 Å². The van der Waals surface area contributed by atoms with Crippen LogP contribution in [-0.2, 0) is 11.3 Å². The third-order valence-corrected chi connectivity index (χ3v) is 4.98. The first kappa shape index (κ1) is 20.6. The Kier molecular flexibility index (Phi) is 5.73. The fraction of sp³-hybridized carbons (Fsp3) is 0.182. The summed E-state index contributed by atoms with van der Waals surface area (Å²) in [5.74, 6) is 1.16. The fourth-order valence-corrected chi connectivity index (χ4v) is 3.09. The highest BCUT2D eigenvalue weighted by Gasteiger charge is 2.20. The first-order valence-electron chi connectivity index (χ1n) is 9.42. The SMILES string of the molecule is COc1ccc(-c2nc(COC(=O)c3nnn(-c4ccc(Cl)cc4)c3C)c(C)o2)cc1. The minimum atomic E-state index is -0.592. The minimum absolute atomic E-state index is 0.0441. The number of methoxy groups -OCH3 is 1. The van der Waals surface area contributed by atoms with Crippen molar-refractivity contribution in [2.24, 2.45) is 0 Å². The molecule has 0 atom stereocenters. The van der Waals surface area contributed by atoms with Crippen molar-refractivity contribution < 1.29 is 18.7 Å². The normalized spacial score (nSPS) is 10.8. The second-order valence-corrected chi connectivity index (χ2v) is 7.17. The number of oxazole rings is 1. The highest BCUT2D eigenvalue weighted by molar-refractivity contribution is 6.30. The molecule has 4 rings (SSSR count). The summed E-state index contributed by atoms with van der Waals surface area (Å²) in [5.41, 5.74) is 2.75. The Morgan fingerprint density at radius 3 is 2.48 bits per heavy atom. The van der Waals surface area contributed by atoms with E-state index in [2.05, 4.69) is 15.3 Å². The van der Waals surface area contributed by atoms with Gasteiger partial charge in [0.25, 0.3) is 0 Å². The second-order valence-electron chi connectivity index (χ2n) is 6.74. The van der Waals surface area contributed by atoms with Gasteiger partial charge in [-0.2, -0.15) is 0 Å². The predicted octanol–water partition coefficient (Wildman–Crippen LogP) is 4.56. The fourth-order valence-electron chi connectivity index (χ4n) is 2.97. The maximum absolute atomic E-state index is 12.6. The molecule has 4 aromatic rings. The number of benzene rings is 2. The average Bonchev–Trinajstić information content (AvgIpc) is 3.35. The quantitative estimate of drug-likeness (QED) is 0.407.